The Morgan fingerprint density at radius 3 is 2.84 bits per heavy atom. The van der Waals surface area contributed by atoms with Gasteiger partial charge in [-0.15, -0.1) is 11.3 Å². The SMILES string of the molecule is Cc1ccc(CN(C(=O)c2csc(I)c2)C2CC2)o1. The van der Waals surface area contributed by atoms with E-state index in [0.717, 1.165) is 32.8 Å². The van der Waals surface area contributed by atoms with Gasteiger partial charge in [-0.05, 0) is 60.6 Å². The summed E-state index contributed by atoms with van der Waals surface area (Å²) in [7, 11) is 0. The summed E-state index contributed by atoms with van der Waals surface area (Å²) in [6.07, 6.45) is 2.21. The molecule has 0 spiro atoms. The van der Waals surface area contributed by atoms with E-state index in [2.05, 4.69) is 22.6 Å². The Labute approximate surface area is 129 Å². The number of hydrogen-bond acceptors (Lipinski definition) is 3. The molecule has 3 nitrogen and oxygen atoms in total. The fourth-order valence-corrected chi connectivity index (χ4v) is 3.40. The molecule has 19 heavy (non-hydrogen) atoms. The molecule has 0 saturated heterocycles. The molecule has 2 aromatic rings. The minimum atomic E-state index is 0.121. The normalized spacial score (nSPS) is 14.6. The molecule has 1 aliphatic rings. The second-order valence-electron chi connectivity index (χ2n) is 4.82. The topological polar surface area (TPSA) is 33.5 Å². The first-order chi connectivity index (χ1) is 9.13. The molecule has 3 rings (SSSR count). The van der Waals surface area contributed by atoms with Crippen molar-refractivity contribution in [3.8, 4) is 0 Å². The Hall–Kier alpha value is -0.820. The van der Waals surface area contributed by atoms with Crippen LogP contribution in [-0.2, 0) is 6.54 Å². The molecule has 100 valence electrons. The van der Waals surface area contributed by atoms with Crippen molar-refractivity contribution in [1.82, 2.24) is 4.90 Å². The zero-order valence-electron chi connectivity index (χ0n) is 10.6. The standard InChI is InChI=1S/C14H14INO2S/c1-9-2-5-12(18-9)7-16(11-3-4-11)14(17)10-6-13(15)19-8-10/h2,5-6,8,11H,3-4,7H2,1H3. The molecule has 2 heterocycles. The van der Waals surface area contributed by atoms with Crippen LogP contribution in [0.4, 0.5) is 0 Å². The summed E-state index contributed by atoms with van der Waals surface area (Å²) in [6, 6.07) is 6.24. The number of nitrogens with zero attached hydrogens (tertiary/aromatic N) is 1. The molecule has 2 aromatic heterocycles. The number of aryl methyl sites for hydroxylation is 1. The quantitative estimate of drug-likeness (QED) is 0.742. The van der Waals surface area contributed by atoms with Crippen LogP contribution in [0.25, 0.3) is 0 Å². The Morgan fingerprint density at radius 2 is 2.32 bits per heavy atom. The van der Waals surface area contributed by atoms with Gasteiger partial charge in [0.1, 0.15) is 11.5 Å². The van der Waals surface area contributed by atoms with E-state index < -0.39 is 0 Å². The molecule has 5 heteroatoms. The fraction of sp³-hybridized carbons (Fsp3) is 0.357. The highest BCUT2D eigenvalue weighted by molar-refractivity contribution is 14.1. The molecule has 1 aliphatic carbocycles. The maximum atomic E-state index is 12.5. The third-order valence-electron chi connectivity index (χ3n) is 3.19. The Kier molecular flexibility index (Phi) is 3.66. The first-order valence-electron chi connectivity index (χ1n) is 6.24. The molecule has 0 atom stereocenters. The third kappa shape index (κ3) is 3.02. The molecule has 0 N–H and O–H groups in total. The van der Waals surface area contributed by atoms with E-state index in [-0.39, 0.29) is 5.91 Å². The molecule has 1 fully saturated rings. The predicted molar refractivity (Wildman–Crippen MR) is 83.4 cm³/mol. The van der Waals surface area contributed by atoms with E-state index >= 15 is 0 Å². The van der Waals surface area contributed by atoms with E-state index in [9.17, 15) is 4.79 Å². The predicted octanol–water partition coefficient (Wildman–Crippen LogP) is 4.06. The van der Waals surface area contributed by atoms with Crippen LogP contribution in [0.2, 0.25) is 0 Å². The van der Waals surface area contributed by atoms with Gasteiger partial charge in [0, 0.05) is 11.4 Å². The number of furan rings is 1. The molecule has 0 aromatic carbocycles. The highest BCUT2D eigenvalue weighted by Gasteiger charge is 2.33. The Bertz CT molecular complexity index is 600. The highest BCUT2D eigenvalue weighted by Crippen LogP contribution is 2.31. The third-order valence-corrected chi connectivity index (χ3v) is 4.97. The summed E-state index contributed by atoms with van der Waals surface area (Å²) < 4.78 is 6.73. The summed E-state index contributed by atoms with van der Waals surface area (Å²) in [5.74, 6) is 1.88. The van der Waals surface area contributed by atoms with E-state index in [1.54, 1.807) is 11.3 Å². The lowest BCUT2D eigenvalue weighted by Gasteiger charge is -2.20. The molecule has 0 aliphatic heterocycles. The smallest absolute Gasteiger partial charge is 0.255 e. The lowest BCUT2D eigenvalue weighted by atomic mass is 10.2. The van der Waals surface area contributed by atoms with Gasteiger partial charge in [0.25, 0.3) is 5.91 Å². The van der Waals surface area contributed by atoms with Crippen molar-refractivity contribution in [3.63, 3.8) is 0 Å². The molecule has 0 radical (unpaired) electrons. The summed E-state index contributed by atoms with van der Waals surface area (Å²) >= 11 is 3.86. The van der Waals surface area contributed by atoms with Crippen LogP contribution in [0, 0.1) is 9.81 Å². The van der Waals surface area contributed by atoms with Gasteiger partial charge in [0.05, 0.1) is 15.0 Å². The van der Waals surface area contributed by atoms with E-state index in [1.807, 2.05) is 35.4 Å². The number of carbonyl (C=O) groups is 1. The van der Waals surface area contributed by atoms with Gasteiger partial charge in [-0.1, -0.05) is 0 Å². The van der Waals surface area contributed by atoms with Gasteiger partial charge in [-0.3, -0.25) is 4.79 Å². The van der Waals surface area contributed by atoms with Crippen LogP contribution in [0.15, 0.2) is 28.0 Å². The van der Waals surface area contributed by atoms with Gasteiger partial charge in [0.2, 0.25) is 0 Å². The van der Waals surface area contributed by atoms with Crippen LogP contribution in [0.5, 0.6) is 0 Å². The summed E-state index contributed by atoms with van der Waals surface area (Å²) in [5.41, 5.74) is 0.796. The van der Waals surface area contributed by atoms with Gasteiger partial charge in [-0.2, -0.15) is 0 Å². The Balaban J connectivity index is 1.79. The van der Waals surface area contributed by atoms with Crippen LogP contribution >= 0.6 is 33.9 Å². The minimum Gasteiger partial charge on any atom is -0.464 e. The fourth-order valence-electron chi connectivity index (χ4n) is 2.08. The van der Waals surface area contributed by atoms with Crippen LogP contribution < -0.4 is 0 Å². The number of hydrogen-bond donors (Lipinski definition) is 0. The van der Waals surface area contributed by atoms with Gasteiger partial charge < -0.3 is 9.32 Å². The first kappa shape index (κ1) is 13.2. The van der Waals surface area contributed by atoms with Crippen LogP contribution in [0.3, 0.4) is 0 Å². The largest absolute Gasteiger partial charge is 0.464 e. The average Bonchev–Trinajstić information content (AvgIpc) is 3.00. The molecule has 1 amide bonds. The molecule has 0 bridgehead atoms. The van der Waals surface area contributed by atoms with Gasteiger partial charge in [-0.25, -0.2) is 0 Å². The molecule has 1 saturated carbocycles. The van der Waals surface area contributed by atoms with Crippen molar-refractivity contribution >= 4 is 39.8 Å². The van der Waals surface area contributed by atoms with E-state index in [0.29, 0.717) is 12.6 Å². The number of rotatable bonds is 4. The van der Waals surface area contributed by atoms with Crippen molar-refractivity contribution in [1.29, 1.82) is 0 Å². The lowest BCUT2D eigenvalue weighted by molar-refractivity contribution is 0.0717. The van der Waals surface area contributed by atoms with E-state index in [4.69, 9.17) is 4.42 Å². The van der Waals surface area contributed by atoms with Crippen molar-refractivity contribution in [2.45, 2.75) is 32.4 Å². The molecular weight excluding hydrogens is 373 g/mol. The second kappa shape index (κ2) is 5.28. The number of thiophene rings is 1. The van der Waals surface area contributed by atoms with Crippen molar-refractivity contribution in [2.75, 3.05) is 0 Å². The molecular formula is C14H14INO2S. The van der Waals surface area contributed by atoms with Crippen molar-refractivity contribution in [2.24, 2.45) is 0 Å². The summed E-state index contributed by atoms with van der Waals surface area (Å²) in [4.78, 5) is 14.5. The average molecular weight is 387 g/mol. The zero-order chi connectivity index (χ0) is 13.4. The van der Waals surface area contributed by atoms with Crippen LogP contribution in [0.1, 0.15) is 34.7 Å². The number of halogens is 1. The second-order valence-corrected chi connectivity index (χ2v) is 7.62. The lowest BCUT2D eigenvalue weighted by Crippen LogP contribution is -2.32. The van der Waals surface area contributed by atoms with Gasteiger partial charge >= 0.3 is 0 Å². The summed E-state index contributed by atoms with van der Waals surface area (Å²) in [6.45, 7) is 2.50. The number of carbonyl (C=O) groups excluding carboxylic acids is 1. The maximum Gasteiger partial charge on any atom is 0.255 e. The summed E-state index contributed by atoms with van der Waals surface area (Å²) in [5, 5.41) is 1.94. The zero-order valence-corrected chi connectivity index (χ0v) is 13.5. The maximum absolute atomic E-state index is 12.5. The first-order valence-corrected chi connectivity index (χ1v) is 8.19. The molecule has 0 unspecified atom stereocenters. The van der Waals surface area contributed by atoms with Crippen molar-refractivity contribution < 1.29 is 9.21 Å². The minimum absolute atomic E-state index is 0.121. The number of amides is 1. The Morgan fingerprint density at radius 1 is 1.53 bits per heavy atom. The van der Waals surface area contributed by atoms with Crippen LogP contribution in [-0.4, -0.2) is 16.8 Å². The van der Waals surface area contributed by atoms with E-state index in [1.165, 1.54) is 0 Å². The monoisotopic (exact) mass is 387 g/mol. The highest BCUT2D eigenvalue weighted by atomic mass is 127. The van der Waals surface area contributed by atoms with Gasteiger partial charge in [0.15, 0.2) is 0 Å². The van der Waals surface area contributed by atoms with Crippen molar-refractivity contribution in [3.05, 3.63) is 43.5 Å².